The number of aryl methyl sites for hydroxylation is 3. The Hall–Kier alpha value is -2.51. The highest BCUT2D eigenvalue weighted by Crippen LogP contribution is 2.50. The molecule has 5 nitrogen and oxygen atoms in total. The third kappa shape index (κ3) is 4.72. The molecule has 0 unspecified atom stereocenters. The summed E-state index contributed by atoms with van der Waals surface area (Å²) in [5.74, 6) is -0.889. The molecule has 1 amide bonds. The van der Waals surface area contributed by atoms with Crippen molar-refractivity contribution >= 4 is 34.6 Å². The van der Waals surface area contributed by atoms with Gasteiger partial charge in [0.15, 0.2) is 5.69 Å². The van der Waals surface area contributed by atoms with E-state index in [1.165, 1.54) is 22.5 Å². The Morgan fingerprint density at radius 3 is 2.48 bits per heavy atom. The molecular formula is C24H26N2O3S2. The van der Waals surface area contributed by atoms with E-state index in [2.05, 4.69) is 46.1 Å². The zero-order chi connectivity index (χ0) is 22.0. The van der Waals surface area contributed by atoms with Crippen molar-refractivity contribution in [2.45, 2.75) is 51.5 Å². The molecular weight excluding hydrogens is 428 g/mol. The maximum absolute atomic E-state index is 13.7. The Bertz CT molecular complexity index is 1070. The van der Waals surface area contributed by atoms with Crippen molar-refractivity contribution in [1.82, 2.24) is 9.88 Å². The molecule has 162 valence electrons. The van der Waals surface area contributed by atoms with Gasteiger partial charge in [0.1, 0.15) is 5.01 Å². The molecule has 0 bridgehead atoms. The lowest BCUT2D eigenvalue weighted by Crippen LogP contribution is -2.39. The summed E-state index contributed by atoms with van der Waals surface area (Å²) >= 11 is 3.05. The lowest BCUT2D eigenvalue weighted by atomic mass is 9.93. The fourth-order valence-electron chi connectivity index (χ4n) is 3.97. The molecule has 1 aromatic carbocycles. The normalized spacial score (nSPS) is 14.4. The van der Waals surface area contributed by atoms with Gasteiger partial charge in [-0.25, -0.2) is 9.78 Å². The lowest BCUT2D eigenvalue weighted by Gasteiger charge is -2.27. The van der Waals surface area contributed by atoms with Crippen molar-refractivity contribution in [2.75, 3.05) is 6.54 Å². The molecule has 1 saturated carbocycles. The topological polar surface area (TPSA) is 70.5 Å². The fourth-order valence-corrected chi connectivity index (χ4v) is 5.61. The first-order valence-electron chi connectivity index (χ1n) is 10.5. The summed E-state index contributed by atoms with van der Waals surface area (Å²) in [6.45, 7) is 4.80. The van der Waals surface area contributed by atoms with Crippen molar-refractivity contribution in [3.63, 3.8) is 0 Å². The minimum Gasteiger partial charge on any atom is -0.476 e. The van der Waals surface area contributed by atoms with Crippen molar-refractivity contribution in [1.29, 1.82) is 0 Å². The van der Waals surface area contributed by atoms with Gasteiger partial charge in [-0.15, -0.1) is 11.3 Å². The number of carboxylic acid groups (broad SMARTS) is 1. The first-order chi connectivity index (χ1) is 14.9. The standard InChI is InChI=1S/C24H26N2O3S2/c1-16-5-7-19(8-6-16)24(10-11-24)23(29)26(12-3-4-18-9-13-30-15-18)14-20-25-21(22(27)28)17(2)31-20/h5-9,13,15H,3-4,10-12,14H2,1-2H3,(H,27,28). The van der Waals surface area contributed by atoms with Gasteiger partial charge in [0.25, 0.3) is 0 Å². The van der Waals surface area contributed by atoms with Gasteiger partial charge in [-0.3, -0.25) is 4.79 Å². The number of carbonyl (C=O) groups is 2. The second-order valence-electron chi connectivity index (χ2n) is 8.23. The van der Waals surface area contributed by atoms with E-state index in [9.17, 15) is 14.7 Å². The van der Waals surface area contributed by atoms with Crippen molar-refractivity contribution in [3.8, 4) is 0 Å². The molecule has 0 atom stereocenters. The monoisotopic (exact) mass is 454 g/mol. The average Bonchev–Trinajstić information content (AvgIpc) is 3.21. The van der Waals surface area contributed by atoms with Gasteiger partial charge in [0.2, 0.25) is 5.91 Å². The Balaban J connectivity index is 1.55. The number of hydrogen-bond donors (Lipinski definition) is 1. The summed E-state index contributed by atoms with van der Waals surface area (Å²) in [4.78, 5) is 32.0. The number of nitrogens with zero attached hydrogens (tertiary/aromatic N) is 2. The second kappa shape index (κ2) is 8.93. The summed E-state index contributed by atoms with van der Waals surface area (Å²) in [6.07, 6.45) is 3.49. The molecule has 4 rings (SSSR count). The van der Waals surface area contributed by atoms with Crippen LogP contribution in [0.2, 0.25) is 0 Å². The molecule has 0 spiro atoms. The van der Waals surface area contributed by atoms with Crippen molar-refractivity contribution in [2.24, 2.45) is 0 Å². The molecule has 1 fully saturated rings. The minimum absolute atomic E-state index is 0.0883. The van der Waals surface area contributed by atoms with Gasteiger partial charge in [0, 0.05) is 11.4 Å². The van der Waals surface area contributed by atoms with Gasteiger partial charge >= 0.3 is 5.97 Å². The number of amides is 1. The van der Waals surface area contributed by atoms with Crippen LogP contribution in [0.4, 0.5) is 0 Å². The van der Waals surface area contributed by atoms with Gasteiger partial charge < -0.3 is 10.0 Å². The highest BCUT2D eigenvalue weighted by Gasteiger charge is 2.52. The largest absolute Gasteiger partial charge is 0.476 e. The number of hydrogen-bond acceptors (Lipinski definition) is 5. The number of carboxylic acids is 1. The van der Waals surface area contributed by atoms with Crippen LogP contribution >= 0.6 is 22.7 Å². The predicted octanol–water partition coefficient (Wildman–Crippen LogP) is 5.21. The van der Waals surface area contributed by atoms with Crippen LogP contribution in [0.3, 0.4) is 0 Å². The maximum atomic E-state index is 13.7. The van der Waals surface area contributed by atoms with Crippen LogP contribution in [0.1, 0.15) is 56.3 Å². The second-order valence-corrected chi connectivity index (χ2v) is 10.3. The van der Waals surface area contributed by atoms with Gasteiger partial charge in [0.05, 0.1) is 12.0 Å². The highest BCUT2D eigenvalue weighted by atomic mass is 32.1. The third-order valence-corrected chi connectivity index (χ3v) is 7.58. The van der Waals surface area contributed by atoms with Gasteiger partial charge in [-0.2, -0.15) is 11.3 Å². The smallest absolute Gasteiger partial charge is 0.355 e. The number of thiophene rings is 1. The molecule has 1 aliphatic rings. The number of aromatic nitrogens is 1. The molecule has 7 heteroatoms. The maximum Gasteiger partial charge on any atom is 0.355 e. The summed E-state index contributed by atoms with van der Waals surface area (Å²) < 4.78 is 0. The SMILES string of the molecule is Cc1ccc(C2(C(=O)N(CCCc3ccsc3)Cc3nc(C(=O)O)c(C)s3)CC2)cc1. The molecule has 1 aliphatic carbocycles. The molecule has 0 saturated heterocycles. The van der Waals surface area contributed by atoms with E-state index in [0.29, 0.717) is 23.0 Å². The Kier molecular flexibility index (Phi) is 6.25. The third-order valence-electron chi connectivity index (χ3n) is 5.89. The van der Waals surface area contributed by atoms with Crippen LogP contribution in [0, 0.1) is 13.8 Å². The van der Waals surface area contributed by atoms with E-state index in [1.54, 1.807) is 18.3 Å². The van der Waals surface area contributed by atoms with E-state index >= 15 is 0 Å². The first kappa shape index (κ1) is 21.7. The Morgan fingerprint density at radius 2 is 1.90 bits per heavy atom. The fraction of sp³-hybridized carbons (Fsp3) is 0.375. The van der Waals surface area contributed by atoms with E-state index in [-0.39, 0.29) is 11.6 Å². The number of benzene rings is 1. The molecule has 1 N–H and O–H groups in total. The summed E-state index contributed by atoms with van der Waals surface area (Å²) in [5, 5.41) is 14.2. The number of aromatic carboxylic acids is 1. The Morgan fingerprint density at radius 1 is 1.16 bits per heavy atom. The molecule has 0 aliphatic heterocycles. The number of rotatable bonds is 9. The van der Waals surface area contributed by atoms with E-state index < -0.39 is 11.4 Å². The van der Waals surface area contributed by atoms with Crippen LogP contribution in [0.25, 0.3) is 0 Å². The lowest BCUT2D eigenvalue weighted by molar-refractivity contribution is -0.134. The molecule has 0 radical (unpaired) electrons. The predicted molar refractivity (Wildman–Crippen MR) is 124 cm³/mol. The van der Waals surface area contributed by atoms with Crippen LogP contribution < -0.4 is 0 Å². The van der Waals surface area contributed by atoms with E-state index in [1.807, 2.05) is 11.8 Å². The average molecular weight is 455 g/mol. The molecule has 2 aromatic heterocycles. The molecule has 31 heavy (non-hydrogen) atoms. The van der Waals surface area contributed by atoms with Crippen molar-refractivity contribution in [3.05, 3.63) is 73.4 Å². The zero-order valence-corrected chi connectivity index (χ0v) is 19.4. The number of thiazole rings is 1. The minimum atomic E-state index is -1.02. The summed E-state index contributed by atoms with van der Waals surface area (Å²) in [7, 11) is 0. The summed E-state index contributed by atoms with van der Waals surface area (Å²) in [5.41, 5.74) is 3.19. The van der Waals surface area contributed by atoms with Gasteiger partial charge in [-0.1, -0.05) is 29.8 Å². The van der Waals surface area contributed by atoms with Crippen LogP contribution in [-0.2, 0) is 23.2 Å². The van der Waals surface area contributed by atoms with Gasteiger partial charge in [-0.05, 0) is 67.5 Å². The molecule has 2 heterocycles. The molecule has 3 aromatic rings. The van der Waals surface area contributed by atoms with Crippen molar-refractivity contribution < 1.29 is 14.7 Å². The Labute approximate surface area is 190 Å². The van der Waals surface area contributed by atoms with Crippen LogP contribution in [0.15, 0.2) is 41.1 Å². The summed E-state index contributed by atoms with van der Waals surface area (Å²) in [6, 6.07) is 10.4. The number of carbonyl (C=O) groups excluding carboxylic acids is 1. The zero-order valence-electron chi connectivity index (χ0n) is 17.8. The quantitative estimate of drug-likeness (QED) is 0.482. The van der Waals surface area contributed by atoms with E-state index in [4.69, 9.17) is 0 Å². The first-order valence-corrected chi connectivity index (χ1v) is 12.2. The van der Waals surface area contributed by atoms with Crippen LogP contribution in [-0.4, -0.2) is 33.4 Å². The van der Waals surface area contributed by atoms with E-state index in [0.717, 1.165) is 31.2 Å². The van der Waals surface area contributed by atoms with Crippen LogP contribution in [0.5, 0.6) is 0 Å². The highest BCUT2D eigenvalue weighted by molar-refractivity contribution is 7.11.